The number of hydrogen-bond acceptors (Lipinski definition) is 9. The Hall–Kier alpha value is -4.09. The monoisotopic (exact) mass is 548 g/mol. The molecule has 3 heterocycles. The first kappa shape index (κ1) is 25.6. The number of rotatable bonds is 10. The molecule has 38 heavy (non-hydrogen) atoms. The predicted octanol–water partition coefficient (Wildman–Crippen LogP) is 5.28. The highest BCUT2D eigenvalue weighted by Gasteiger charge is 2.36. The summed E-state index contributed by atoms with van der Waals surface area (Å²) < 4.78 is 22.3. The predicted molar refractivity (Wildman–Crippen MR) is 150 cm³/mol. The Labute approximate surface area is 227 Å². The van der Waals surface area contributed by atoms with E-state index in [1.165, 1.54) is 16.8 Å². The van der Waals surface area contributed by atoms with Gasteiger partial charge in [-0.2, -0.15) is 15.1 Å². The van der Waals surface area contributed by atoms with Crippen LogP contribution in [0.15, 0.2) is 75.6 Å². The Morgan fingerprint density at radius 1 is 0.974 bits per heavy atom. The van der Waals surface area contributed by atoms with E-state index in [1.54, 1.807) is 49.8 Å². The third-order valence-electron chi connectivity index (χ3n) is 5.56. The van der Waals surface area contributed by atoms with E-state index >= 15 is 0 Å². The van der Waals surface area contributed by atoms with E-state index in [2.05, 4.69) is 10.1 Å². The highest BCUT2D eigenvalue weighted by molar-refractivity contribution is 8.27. The van der Waals surface area contributed by atoms with Crippen LogP contribution in [0.25, 0.3) is 6.08 Å². The van der Waals surface area contributed by atoms with Crippen LogP contribution < -0.4 is 18.9 Å². The molecule has 0 atom stereocenters. The fourth-order valence-electron chi connectivity index (χ4n) is 3.65. The number of nitrogens with zero attached hydrogens (tertiary/aromatic N) is 3. The minimum absolute atomic E-state index is 0.0183. The van der Waals surface area contributed by atoms with E-state index in [4.69, 9.17) is 24.4 Å². The first-order valence-electron chi connectivity index (χ1n) is 11.7. The van der Waals surface area contributed by atoms with Gasteiger partial charge in [0.2, 0.25) is 5.17 Å². The zero-order chi connectivity index (χ0) is 26.5. The topological polar surface area (TPSA) is 106 Å². The Kier molecular flexibility index (Phi) is 7.75. The lowest BCUT2D eigenvalue weighted by Gasteiger charge is -2.20. The van der Waals surface area contributed by atoms with Crippen LogP contribution in [0.1, 0.15) is 16.9 Å². The molecule has 2 aliphatic rings. The summed E-state index contributed by atoms with van der Waals surface area (Å²) in [4.78, 5) is 17.9. The van der Waals surface area contributed by atoms with Crippen LogP contribution in [0.3, 0.4) is 0 Å². The first-order chi connectivity index (χ1) is 18.6. The molecular formula is C27H24N4O5S2. The van der Waals surface area contributed by atoms with Crippen LogP contribution in [0, 0.1) is 5.41 Å². The van der Waals surface area contributed by atoms with Gasteiger partial charge < -0.3 is 18.9 Å². The molecule has 0 spiro atoms. The van der Waals surface area contributed by atoms with Crippen LogP contribution in [0.2, 0.25) is 0 Å². The minimum atomic E-state index is -0.479. The summed E-state index contributed by atoms with van der Waals surface area (Å²) in [5, 5.41) is 17.5. The highest BCUT2D eigenvalue weighted by Crippen LogP contribution is 2.33. The van der Waals surface area contributed by atoms with Gasteiger partial charge in [0, 0.05) is 6.42 Å². The van der Waals surface area contributed by atoms with Gasteiger partial charge in [-0.15, -0.1) is 11.3 Å². The van der Waals surface area contributed by atoms with E-state index in [9.17, 15) is 4.79 Å². The number of amides is 1. The van der Waals surface area contributed by atoms with Gasteiger partial charge in [0.15, 0.2) is 17.3 Å². The number of carbonyl (C=O) groups is 1. The molecule has 1 aromatic heterocycles. The van der Waals surface area contributed by atoms with Crippen LogP contribution in [0.4, 0.5) is 0 Å². The molecule has 1 N–H and O–H groups in total. The van der Waals surface area contributed by atoms with Crippen molar-refractivity contribution in [2.24, 2.45) is 10.1 Å². The smallest absolute Gasteiger partial charge is 0.283 e. The fourth-order valence-corrected chi connectivity index (χ4v) is 5.34. The molecule has 2 aliphatic heterocycles. The molecule has 3 aromatic rings. The molecule has 11 heteroatoms. The molecule has 5 rings (SSSR count). The van der Waals surface area contributed by atoms with E-state index in [0.29, 0.717) is 41.9 Å². The standard InChI is InChI=1S/C27H24N4O5S2/c1-33-18-7-9-19(10-8-18)35-12-4-13-36-21-11-6-17(16-22(21)34-2)15-20-24(28)31-27(29-25(20)32)38-26(30-31)23-5-3-14-37-23/h3,5-11,14-16,28H,4,12-13H2,1-2H3. The van der Waals surface area contributed by atoms with Crippen molar-refractivity contribution in [3.05, 3.63) is 76.0 Å². The lowest BCUT2D eigenvalue weighted by Crippen LogP contribution is -2.35. The largest absolute Gasteiger partial charge is 0.497 e. The molecule has 1 amide bonds. The van der Waals surface area contributed by atoms with Gasteiger partial charge >= 0.3 is 0 Å². The highest BCUT2D eigenvalue weighted by atomic mass is 32.2. The molecule has 194 valence electrons. The number of thioether (sulfide) groups is 1. The fraction of sp³-hybridized carbons (Fsp3) is 0.185. The summed E-state index contributed by atoms with van der Waals surface area (Å²) in [6.45, 7) is 0.932. The Bertz CT molecular complexity index is 1430. The Balaban J connectivity index is 1.21. The third kappa shape index (κ3) is 5.58. The molecule has 9 nitrogen and oxygen atoms in total. The van der Waals surface area contributed by atoms with Crippen molar-refractivity contribution in [1.29, 1.82) is 5.41 Å². The molecule has 0 aliphatic carbocycles. The molecule has 2 aromatic carbocycles. The number of benzene rings is 2. The maximum absolute atomic E-state index is 12.7. The summed E-state index contributed by atoms with van der Waals surface area (Å²) >= 11 is 2.83. The second-order valence-corrected chi connectivity index (χ2v) is 9.94. The number of amidine groups is 2. The third-order valence-corrected chi connectivity index (χ3v) is 7.51. The van der Waals surface area contributed by atoms with Gasteiger partial charge in [-0.25, -0.2) is 0 Å². The number of fused-ring (bicyclic) bond motifs is 1. The number of hydrazone groups is 1. The minimum Gasteiger partial charge on any atom is -0.497 e. The SMILES string of the molecule is COc1ccc(OCCCOc2ccc(C=C3C(=N)N4N=C(c5cccs5)SC4=NC3=O)cc2OC)cc1. The van der Waals surface area contributed by atoms with Gasteiger partial charge in [-0.3, -0.25) is 10.2 Å². The number of methoxy groups -OCH3 is 2. The van der Waals surface area contributed by atoms with Gasteiger partial charge in [0.1, 0.15) is 16.5 Å². The van der Waals surface area contributed by atoms with Gasteiger partial charge in [-0.1, -0.05) is 12.1 Å². The number of carbonyl (C=O) groups excluding carboxylic acids is 1. The van der Waals surface area contributed by atoms with E-state index in [0.717, 1.165) is 21.4 Å². The number of hydrogen-bond donors (Lipinski definition) is 1. The second kappa shape index (κ2) is 11.5. The Morgan fingerprint density at radius 3 is 2.50 bits per heavy atom. The quantitative estimate of drug-likeness (QED) is 0.271. The van der Waals surface area contributed by atoms with Gasteiger partial charge in [0.05, 0.1) is 37.9 Å². The van der Waals surface area contributed by atoms with Crippen LogP contribution in [-0.2, 0) is 4.79 Å². The molecule has 0 saturated heterocycles. The second-order valence-electron chi connectivity index (χ2n) is 8.04. The maximum Gasteiger partial charge on any atom is 0.283 e. The van der Waals surface area contributed by atoms with E-state index in [1.807, 2.05) is 41.8 Å². The molecular weight excluding hydrogens is 524 g/mol. The zero-order valence-corrected chi connectivity index (χ0v) is 22.3. The molecule has 0 radical (unpaired) electrons. The number of aliphatic imine (C=N–C) groups is 1. The molecule has 0 saturated carbocycles. The van der Waals surface area contributed by atoms with Crippen molar-refractivity contribution in [3.63, 3.8) is 0 Å². The number of nitrogens with one attached hydrogen (secondary N) is 1. The summed E-state index contributed by atoms with van der Waals surface area (Å²) in [5.74, 6) is 2.14. The summed E-state index contributed by atoms with van der Waals surface area (Å²) in [5.41, 5.74) is 0.829. The summed E-state index contributed by atoms with van der Waals surface area (Å²) in [7, 11) is 3.18. The molecule has 0 bridgehead atoms. The van der Waals surface area contributed by atoms with Crippen molar-refractivity contribution in [1.82, 2.24) is 5.01 Å². The summed E-state index contributed by atoms with van der Waals surface area (Å²) in [6, 6.07) is 16.6. The maximum atomic E-state index is 12.7. The number of ether oxygens (including phenoxy) is 4. The van der Waals surface area contributed by atoms with Gasteiger partial charge in [0.25, 0.3) is 5.91 Å². The lowest BCUT2D eigenvalue weighted by molar-refractivity contribution is -0.114. The van der Waals surface area contributed by atoms with Crippen LogP contribution in [-0.4, -0.2) is 54.4 Å². The zero-order valence-electron chi connectivity index (χ0n) is 20.7. The van der Waals surface area contributed by atoms with Crippen LogP contribution >= 0.6 is 23.1 Å². The number of thiophene rings is 1. The van der Waals surface area contributed by atoms with Crippen molar-refractivity contribution < 1.29 is 23.7 Å². The van der Waals surface area contributed by atoms with Crippen LogP contribution in [0.5, 0.6) is 23.0 Å². The lowest BCUT2D eigenvalue weighted by atomic mass is 10.1. The first-order valence-corrected chi connectivity index (χ1v) is 13.4. The van der Waals surface area contributed by atoms with Crippen molar-refractivity contribution >= 4 is 51.1 Å². The average Bonchev–Trinajstić information content (AvgIpc) is 3.62. The van der Waals surface area contributed by atoms with Crippen molar-refractivity contribution in [2.45, 2.75) is 6.42 Å². The molecule has 0 unspecified atom stereocenters. The van der Waals surface area contributed by atoms with Gasteiger partial charge in [-0.05, 0) is 71.2 Å². The van der Waals surface area contributed by atoms with E-state index < -0.39 is 5.91 Å². The molecule has 0 fully saturated rings. The average molecular weight is 549 g/mol. The van der Waals surface area contributed by atoms with Crippen molar-refractivity contribution in [2.75, 3.05) is 27.4 Å². The summed E-state index contributed by atoms with van der Waals surface area (Å²) in [6.07, 6.45) is 2.29. The van der Waals surface area contributed by atoms with Crippen molar-refractivity contribution in [3.8, 4) is 23.0 Å². The Morgan fingerprint density at radius 2 is 1.76 bits per heavy atom. The van der Waals surface area contributed by atoms with E-state index in [-0.39, 0.29) is 11.4 Å². The normalized spacial score (nSPS) is 15.7.